The van der Waals surface area contributed by atoms with E-state index in [2.05, 4.69) is 16.0 Å². The summed E-state index contributed by atoms with van der Waals surface area (Å²) in [6.07, 6.45) is -7.47. The molecule has 0 aliphatic heterocycles. The van der Waals surface area contributed by atoms with Crippen LogP contribution in [0.15, 0.2) is 0 Å². The summed E-state index contributed by atoms with van der Waals surface area (Å²) in [6, 6.07) is -3.70. The van der Waals surface area contributed by atoms with Crippen molar-refractivity contribution in [2.45, 2.75) is 48.6 Å². The van der Waals surface area contributed by atoms with Gasteiger partial charge in [0.2, 0.25) is 0 Å². The van der Waals surface area contributed by atoms with Crippen LogP contribution in [0.5, 0.6) is 0 Å². The Morgan fingerprint density at radius 1 is 0.741 bits per heavy atom. The maximum atomic E-state index is 10.8. The third-order valence-corrected chi connectivity index (χ3v) is 4.38. The van der Waals surface area contributed by atoms with Gasteiger partial charge >= 0.3 is 11.9 Å². The van der Waals surface area contributed by atoms with E-state index in [1.165, 1.54) is 0 Å². The summed E-state index contributed by atoms with van der Waals surface area (Å²) < 4.78 is 0. The molecule has 11 N–H and O–H groups in total. The van der Waals surface area contributed by atoms with Crippen molar-refractivity contribution < 1.29 is 50.4 Å². The van der Waals surface area contributed by atoms with Gasteiger partial charge in [0.15, 0.2) is 0 Å². The lowest BCUT2D eigenvalue weighted by Crippen LogP contribution is -2.74. The molecule has 0 unspecified atom stereocenters. The Kier molecular flexibility index (Phi) is 9.44. The van der Waals surface area contributed by atoms with Crippen molar-refractivity contribution in [2.75, 3.05) is 26.2 Å². The number of hydrogen-bond acceptors (Lipinski definition) is 11. The highest BCUT2D eigenvalue weighted by atomic mass is 16.4. The number of rotatable bonds is 11. The molecule has 0 saturated heterocycles. The molecule has 0 spiro atoms. The predicted molar refractivity (Wildman–Crippen MR) is 87.8 cm³/mol. The molecule has 0 heterocycles. The zero-order valence-corrected chi connectivity index (χ0v) is 14.3. The van der Waals surface area contributed by atoms with E-state index in [1.54, 1.807) is 0 Å². The lowest BCUT2D eigenvalue weighted by molar-refractivity contribution is -0.138. The van der Waals surface area contributed by atoms with Gasteiger partial charge in [-0.05, 0) is 0 Å². The lowest BCUT2D eigenvalue weighted by atomic mass is 9.79. The molecular weight excluding hydrogens is 370 g/mol. The van der Waals surface area contributed by atoms with E-state index < -0.39 is 80.3 Å². The van der Waals surface area contributed by atoms with Gasteiger partial charge in [-0.15, -0.1) is 0 Å². The molecular formula is C14H27N3O10. The fraction of sp³-hybridized carbons (Fsp3) is 0.857. The standard InChI is InChI=1S/C14H27N3O10/c18-4-6(20)5(19)1-15-9-12(25)10(16-2-7(21)22)14(27)11(13(9)26)17-3-8(23)24/h5-6,9-20,25-27H,1-4H2,(H,21,22)(H,23,24)/t5-,6+,9-,10+,11-,12+,13-,14+/m0/s1. The summed E-state index contributed by atoms with van der Waals surface area (Å²) >= 11 is 0. The molecule has 0 radical (unpaired) electrons. The van der Waals surface area contributed by atoms with Crippen molar-refractivity contribution in [1.82, 2.24) is 16.0 Å². The molecule has 158 valence electrons. The van der Waals surface area contributed by atoms with Crippen molar-refractivity contribution in [3.8, 4) is 0 Å². The molecule has 1 fully saturated rings. The van der Waals surface area contributed by atoms with E-state index in [0.717, 1.165) is 0 Å². The second-order valence-electron chi connectivity index (χ2n) is 6.32. The van der Waals surface area contributed by atoms with Crippen LogP contribution < -0.4 is 16.0 Å². The maximum absolute atomic E-state index is 10.8. The summed E-state index contributed by atoms with van der Waals surface area (Å²) in [5.74, 6) is -2.52. The largest absolute Gasteiger partial charge is 0.480 e. The second-order valence-corrected chi connectivity index (χ2v) is 6.32. The average Bonchev–Trinajstić information content (AvgIpc) is 2.59. The molecule has 0 aromatic heterocycles. The van der Waals surface area contributed by atoms with Crippen molar-refractivity contribution >= 4 is 11.9 Å². The highest BCUT2D eigenvalue weighted by Crippen LogP contribution is 2.22. The van der Waals surface area contributed by atoms with Gasteiger partial charge < -0.3 is 46.2 Å². The van der Waals surface area contributed by atoms with Crippen LogP contribution in [0.2, 0.25) is 0 Å². The second kappa shape index (κ2) is 10.8. The van der Waals surface area contributed by atoms with Gasteiger partial charge in [-0.25, -0.2) is 0 Å². The molecule has 0 aromatic rings. The summed E-state index contributed by atoms with van der Waals surface area (Å²) in [5.41, 5.74) is 0. The fourth-order valence-electron chi connectivity index (χ4n) is 2.93. The van der Waals surface area contributed by atoms with Crippen molar-refractivity contribution in [2.24, 2.45) is 0 Å². The Hall–Kier alpha value is -1.42. The first-order chi connectivity index (χ1) is 12.6. The molecule has 1 rings (SSSR count). The van der Waals surface area contributed by atoms with E-state index >= 15 is 0 Å². The third-order valence-electron chi connectivity index (χ3n) is 4.38. The first kappa shape index (κ1) is 23.6. The zero-order chi connectivity index (χ0) is 20.7. The van der Waals surface area contributed by atoms with Gasteiger partial charge in [0.1, 0.15) is 6.10 Å². The van der Waals surface area contributed by atoms with Crippen LogP contribution in [-0.2, 0) is 9.59 Å². The molecule has 13 heteroatoms. The number of carbonyl (C=O) groups is 2. The minimum atomic E-state index is -1.53. The Labute approximate surface area is 154 Å². The van der Waals surface area contributed by atoms with Crippen LogP contribution in [0.3, 0.4) is 0 Å². The summed E-state index contributed by atoms with van der Waals surface area (Å²) in [6.45, 7) is -2.30. The highest BCUT2D eigenvalue weighted by Gasteiger charge is 2.49. The molecule has 1 aliphatic rings. The van der Waals surface area contributed by atoms with Crippen LogP contribution in [0, 0.1) is 0 Å². The number of nitrogens with one attached hydrogen (secondary N) is 3. The molecule has 0 aromatic carbocycles. The Morgan fingerprint density at radius 2 is 1.11 bits per heavy atom. The minimum Gasteiger partial charge on any atom is -0.480 e. The molecule has 0 bridgehead atoms. The van der Waals surface area contributed by atoms with Gasteiger partial charge in [0, 0.05) is 6.54 Å². The first-order valence-electron chi connectivity index (χ1n) is 8.25. The van der Waals surface area contributed by atoms with Crippen LogP contribution in [-0.4, -0.2) is 128 Å². The normalized spacial score (nSPS) is 33.4. The molecule has 8 atom stereocenters. The summed E-state index contributed by atoms with van der Waals surface area (Å²) in [5, 5.41) is 84.0. The van der Waals surface area contributed by atoms with Crippen molar-refractivity contribution in [1.29, 1.82) is 0 Å². The lowest BCUT2D eigenvalue weighted by Gasteiger charge is -2.47. The molecule has 0 amide bonds. The van der Waals surface area contributed by atoms with E-state index in [4.69, 9.17) is 15.3 Å². The van der Waals surface area contributed by atoms with Crippen LogP contribution in [0.4, 0.5) is 0 Å². The number of hydrogen-bond donors (Lipinski definition) is 11. The van der Waals surface area contributed by atoms with E-state index in [1.807, 2.05) is 0 Å². The molecule has 1 saturated carbocycles. The Balaban J connectivity index is 2.92. The summed E-state index contributed by atoms with van der Waals surface area (Å²) in [4.78, 5) is 21.5. The maximum Gasteiger partial charge on any atom is 0.317 e. The van der Waals surface area contributed by atoms with E-state index in [9.17, 15) is 35.1 Å². The highest BCUT2D eigenvalue weighted by molar-refractivity contribution is 5.69. The van der Waals surface area contributed by atoms with Crippen LogP contribution >= 0.6 is 0 Å². The predicted octanol–water partition coefficient (Wildman–Crippen LogP) is -6.16. The van der Waals surface area contributed by atoms with Gasteiger partial charge in [-0.2, -0.15) is 0 Å². The number of carboxylic acid groups (broad SMARTS) is 2. The first-order valence-corrected chi connectivity index (χ1v) is 8.25. The fourth-order valence-corrected chi connectivity index (χ4v) is 2.93. The topological polar surface area (TPSA) is 232 Å². The molecule has 13 nitrogen and oxygen atoms in total. The Bertz CT molecular complexity index is 464. The summed E-state index contributed by atoms with van der Waals surface area (Å²) in [7, 11) is 0. The monoisotopic (exact) mass is 397 g/mol. The smallest absolute Gasteiger partial charge is 0.317 e. The van der Waals surface area contributed by atoms with Gasteiger partial charge in [0.05, 0.1) is 62.2 Å². The minimum absolute atomic E-state index is 0.353. The van der Waals surface area contributed by atoms with Gasteiger partial charge in [-0.1, -0.05) is 0 Å². The van der Waals surface area contributed by atoms with Gasteiger partial charge in [0.25, 0.3) is 0 Å². The SMILES string of the molecule is O=C(O)CN[C@@H]1[C@H](O)[C@H](NCC(=O)O)[C@H](O)[C@H](NC[C@H](O)[C@H](O)CO)[C@@H]1O. The van der Waals surface area contributed by atoms with Gasteiger partial charge in [-0.3, -0.25) is 20.2 Å². The number of aliphatic hydroxyl groups excluding tert-OH is 6. The average molecular weight is 397 g/mol. The molecule has 27 heavy (non-hydrogen) atoms. The van der Waals surface area contributed by atoms with Crippen LogP contribution in [0.1, 0.15) is 0 Å². The zero-order valence-electron chi connectivity index (χ0n) is 14.3. The number of carboxylic acids is 2. The van der Waals surface area contributed by atoms with Crippen molar-refractivity contribution in [3.05, 3.63) is 0 Å². The number of aliphatic carboxylic acids is 2. The van der Waals surface area contributed by atoms with Crippen molar-refractivity contribution in [3.63, 3.8) is 0 Å². The molecule has 1 aliphatic carbocycles. The third kappa shape index (κ3) is 6.60. The van der Waals surface area contributed by atoms with E-state index in [0.29, 0.717) is 0 Å². The number of aliphatic hydroxyl groups is 6. The van der Waals surface area contributed by atoms with E-state index in [-0.39, 0.29) is 6.54 Å². The quantitative estimate of drug-likeness (QED) is 0.156. The Morgan fingerprint density at radius 3 is 1.44 bits per heavy atom. The van der Waals surface area contributed by atoms with Crippen LogP contribution in [0.25, 0.3) is 0 Å².